The predicted molar refractivity (Wildman–Crippen MR) is 124 cm³/mol. The summed E-state index contributed by atoms with van der Waals surface area (Å²) in [6, 6.07) is 22.0. The molecule has 0 unspecified atom stereocenters. The Morgan fingerprint density at radius 3 is 2.67 bits per heavy atom. The number of benzene rings is 3. The van der Waals surface area contributed by atoms with Crippen LogP contribution in [0.25, 0.3) is 22.2 Å². The van der Waals surface area contributed by atoms with Gasteiger partial charge in [-0.05, 0) is 52.8 Å². The monoisotopic (exact) mass is 419 g/mol. The van der Waals surface area contributed by atoms with Gasteiger partial charge < -0.3 is 15.0 Å². The number of methoxy groups -OCH3 is 1. The summed E-state index contributed by atoms with van der Waals surface area (Å²) < 4.78 is 5.79. The van der Waals surface area contributed by atoms with E-state index in [0.717, 1.165) is 24.0 Å². The molecule has 0 saturated carbocycles. The molecular weight excluding hydrogens is 394 g/mol. The van der Waals surface area contributed by atoms with Crippen molar-refractivity contribution in [3.63, 3.8) is 0 Å². The zero-order valence-electron chi connectivity index (χ0n) is 17.2. The maximum Gasteiger partial charge on any atom is 0.0980 e. The van der Waals surface area contributed by atoms with E-state index in [1.165, 1.54) is 33.4 Å². The lowest BCUT2D eigenvalue weighted by molar-refractivity contribution is 0.0777. The highest BCUT2D eigenvalue weighted by molar-refractivity contribution is 5.86. The molecule has 0 fully saturated rings. The van der Waals surface area contributed by atoms with Gasteiger partial charge in [0, 0.05) is 19.7 Å². The molecule has 4 aromatic rings. The van der Waals surface area contributed by atoms with E-state index in [1.54, 1.807) is 13.4 Å². The zero-order chi connectivity index (χ0) is 19.8. The van der Waals surface area contributed by atoms with Crippen LogP contribution in [0.3, 0.4) is 0 Å². The molecular formula is C25H26ClN3O. The number of fused-ring (bicyclic) bond motifs is 2. The number of rotatable bonds is 5. The van der Waals surface area contributed by atoms with Crippen LogP contribution in [-0.4, -0.2) is 23.1 Å². The number of H-pyrrole nitrogens is 1. The number of hydrogen-bond donors (Lipinski definition) is 2. The summed E-state index contributed by atoms with van der Waals surface area (Å²) >= 11 is 0. The summed E-state index contributed by atoms with van der Waals surface area (Å²) in [4.78, 5) is 7.63. The summed E-state index contributed by atoms with van der Waals surface area (Å²) in [5.74, 6) is 0. The highest BCUT2D eigenvalue weighted by atomic mass is 35.5. The van der Waals surface area contributed by atoms with E-state index in [2.05, 4.69) is 82.9 Å². The van der Waals surface area contributed by atoms with Crippen molar-refractivity contribution in [2.24, 2.45) is 0 Å². The van der Waals surface area contributed by atoms with E-state index in [4.69, 9.17) is 4.74 Å². The molecule has 1 aliphatic carbocycles. The highest BCUT2D eigenvalue weighted by Gasteiger charge is 2.31. The van der Waals surface area contributed by atoms with Crippen molar-refractivity contribution in [3.8, 4) is 11.1 Å². The predicted octanol–water partition coefficient (Wildman–Crippen LogP) is 5.36. The van der Waals surface area contributed by atoms with Crippen molar-refractivity contribution < 1.29 is 4.74 Å². The van der Waals surface area contributed by atoms with Gasteiger partial charge in [-0.25, -0.2) is 4.98 Å². The largest absolute Gasteiger partial charge is 0.375 e. The summed E-state index contributed by atoms with van der Waals surface area (Å²) in [6.45, 7) is 2.97. The van der Waals surface area contributed by atoms with Gasteiger partial charge in [-0.2, -0.15) is 0 Å². The second-order valence-electron chi connectivity index (χ2n) is 7.78. The van der Waals surface area contributed by atoms with Crippen LogP contribution >= 0.6 is 12.4 Å². The fourth-order valence-electron chi connectivity index (χ4n) is 4.54. The van der Waals surface area contributed by atoms with Crippen molar-refractivity contribution in [2.45, 2.75) is 32.0 Å². The first-order valence-electron chi connectivity index (χ1n) is 10.1. The van der Waals surface area contributed by atoms with Gasteiger partial charge in [0.2, 0.25) is 0 Å². The fourth-order valence-corrected chi connectivity index (χ4v) is 4.54. The summed E-state index contributed by atoms with van der Waals surface area (Å²) in [6.07, 6.45) is 2.88. The molecule has 5 rings (SSSR count). The number of aromatic amines is 1. The van der Waals surface area contributed by atoms with Crippen molar-refractivity contribution >= 4 is 23.4 Å². The Hall–Kier alpha value is -2.66. The van der Waals surface area contributed by atoms with Crippen LogP contribution in [0.1, 0.15) is 28.4 Å². The molecule has 2 atom stereocenters. The van der Waals surface area contributed by atoms with Crippen LogP contribution in [0.15, 0.2) is 67.0 Å². The molecule has 1 aliphatic rings. The number of aryl methyl sites for hydroxylation is 1. The summed E-state index contributed by atoms with van der Waals surface area (Å²) in [5.41, 5.74) is 9.76. The average molecular weight is 420 g/mol. The molecule has 4 nitrogen and oxygen atoms in total. The van der Waals surface area contributed by atoms with Crippen molar-refractivity contribution in [3.05, 3.63) is 89.2 Å². The van der Waals surface area contributed by atoms with Gasteiger partial charge in [0.05, 0.1) is 23.5 Å². The van der Waals surface area contributed by atoms with Gasteiger partial charge in [0.25, 0.3) is 0 Å². The Morgan fingerprint density at radius 1 is 1.07 bits per heavy atom. The maximum absolute atomic E-state index is 5.79. The molecule has 3 aromatic carbocycles. The van der Waals surface area contributed by atoms with Crippen LogP contribution in [-0.2, 0) is 17.7 Å². The van der Waals surface area contributed by atoms with E-state index in [0.29, 0.717) is 6.04 Å². The van der Waals surface area contributed by atoms with Crippen LogP contribution in [0, 0.1) is 6.92 Å². The van der Waals surface area contributed by atoms with E-state index >= 15 is 0 Å². The molecule has 30 heavy (non-hydrogen) atoms. The molecule has 0 spiro atoms. The van der Waals surface area contributed by atoms with Crippen molar-refractivity contribution in [1.29, 1.82) is 0 Å². The molecule has 1 heterocycles. The molecule has 0 amide bonds. The van der Waals surface area contributed by atoms with Crippen LogP contribution in [0.5, 0.6) is 0 Å². The summed E-state index contributed by atoms with van der Waals surface area (Å²) in [7, 11) is 1.80. The number of ether oxygens (including phenoxy) is 1. The first-order chi connectivity index (χ1) is 14.2. The van der Waals surface area contributed by atoms with Gasteiger partial charge in [-0.3, -0.25) is 0 Å². The quantitative estimate of drug-likeness (QED) is 0.457. The molecule has 5 heteroatoms. The molecule has 0 bridgehead atoms. The zero-order valence-corrected chi connectivity index (χ0v) is 18.0. The Labute approximate surface area is 183 Å². The molecule has 0 radical (unpaired) electrons. The van der Waals surface area contributed by atoms with Crippen LogP contribution in [0.4, 0.5) is 0 Å². The maximum atomic E-state index is 5.79. The average Bonchev–Trinajstić information content (AvgIpc) is 3.37. The van der Waals surface area contributed by atoms with Gasteiger partial charge in [-0.15, -0.1) is 12.4 Å². The van der Waals surface area contributed by atoms with Gasteiger partial charge >= 0.3 is 0 Å². The Balaban J connectivity index is 0.00000218. The van der Waals surface area contributed by atoms with Crippen molar-refractivity contribution in [1.82, 2.24) is 15.3 Å². The topological polar surface area (TPSA) is 49.9 Å². The van der Waals surface area contributed by atoms with Crippen LogP contribution in [0.2, 0.25) is 0 Å². The third kappa shape index (κ3) is 3.63. The van der Waals surface area contributed by atoms with Crippen LogP contribution < -0.4 is 5.32 Å². The lowest BCUT2D eigenvalue weighted by atomic mass is 9.98. The number of nitrogens with zero attached hydrogens (tertiary/aromatic N) is 1. The second kappa shape index (κ2) is 8.60. The molecule has 0 aliphatic heterocycles. The minimum Gasteiger partial charge on any atom is -0.375 e. The van der Waals surface area contributed by atoms with Crippen molar-refractivity contribution in [2.75, 3.05) is 7.11 Å². The Morgan fingerprint density at radius 2 is 1.87 bits per heavy atom. The van der Waals surface area contributed by atoms with E-state index < -0.39 is 0 Å². The molecule has 0 saturated heterocycles. The number of hydrogen-bond acceptors (Lipinski definition) is 3. The number of nitrogens with one attached hydrogen (secondary N) is 2. The SMILES string of the molecule is CO[C@H]1c2ccccc2C[C@H]1NCc1ccc(-c2ccc3[nH]cnc3c2C)cc1.Cl. The minimum atomic E-state index is 0. The second-order valence-corrected chi connectivity index (χ2v) is 7.78. The summed E-state index contributed by atoms with van der Waals surface area (Å²) in [5, 5.41) is 3.70. The van der Waals surface area contributed by atoms with E-state index in [9.17, 15) is 0 Å². The van der Waals surface area contributed by atoms with Gasteiger partial charge in [0.15, 0.2) is 0 Å². The smallest absolute Gasteiger partial charge is 0.0980 e. The molecule has 154 valence electrons. The Kier molecular flexibility index (Phi) is 5.91. The molecule has 2 N–H and O–H groups in total. The third-order valence-corrected chi connectivity index (χ3v) is 6.10. The van der Waals surface area contributed by atoms with Gasteiger partial charge in [-0.1, -0.05) is 54.6 Å². The minimum absolute atomic E-state index is 0. The third-order valence-electron chi connectivity index (χ3n) is 6.10. The number of halogens is 1. The lowest BCUT2D eigenvalue weighted by Crippen LogP contribution is -2.33. The first-order valence-corrected chi connectivity index (χ1v) is 10.1. The first kappa shape index (κ1) is 20.6. The number of imidazole rings is 1. The molecule has 1 aromatic heterocycles. The highest BCUT2D eigenvalue weighted by Crippen LogP contribution is 2.34. The lowest BCUT2D eigenvalue weighted by Gasteiger charge is -2.20. The fraction of sp³-hybridized carbons (Fsp3) is 0.240. The van der Waals surface area contributed by atoms with Gasteiger partial charge in [0.1, 0.15) is 0 Å². The van der Waals surface area contributed by atoms with E-state index in [1.807, 2.05) is 0 Å². The Bertz CT molecular complexity index is 1150. The standard InChI is InChI=1S/C25H25N3O.ClH/c1-16-20(11-12-22-24(16)28-15-27-22)18-9-7-17(8-10-18)14-26-23-13-19-5-3-4-6-21(19)25(23)29-2;/h3-12,15,23,25-26H,13-14H2,1-2H3,(H,27,28);1H/t23-,25+;/m1./s1. The van der Waals surface area contributed by atoms with E-state index in [-0.39, 0.29) is 18.5 Å². The normalized spacial score (nSPS) is 17.7. The number of aromatic nitrogens is 2.